The molecule has 1 aliphatic heterocycles. The van der Waals surface area contributed by atoms with Gasteiger partial charge in [0.15, 0.2) is 0 Å². The Hall–Kier alpha value is -1.42. The molecular formula is C19H22BrN3. The number of fused-ring (bicyclic) bond motifs is 1. The largest absolute Gasteiger partial charge is 0.355 e. The maximum Gasteiger partial charge on any atom is 0.150 e. The van der Waals surface area contributed by atoms with Gasteiger partial charge < -0.3 is 4.90 Å². The Bertz CT molecular complexity index is 721. The van der Waals surface area contributed by atoms with E-state index in [9.17, 15) is 0 Å². The Balaban J connectivity index is 1.51. The van der Waals surface area contributed by atoms with Gasteiger partial charge in [-0.2, -0.15) is 0 Å². The molecule has 4 heteroatoms. The van der Waals surface area contributed by atoms with Crippen molar-refractivity contribution in [3.05, 3.63) is 51.4 Å². The van der Waals surface area contributed by atoms with Crippen molar-refractivity contribution in [3.63, 3.8) is 0 Å². The first-order valence-electron chi connectivity index (χ1n) is 8.39. The first-order valence-corrected chi connectivity index (χ1v) is 9.18. The van der Waals surface area contributed by atoms with Gasteiger partial charge in [0.05, 0.1) is 11.4 Å². The molecule has 0 unspecified atom stereocenters. The standard InChI is InChI=1S/C19H22BrN3/c1-13-17(20)21-14(2)18(22-13)23-9-7-19(8-10-23)11-15-5-3-4-6-16(15)12-19/h3-6H,7-12H2,1-2H3. The van der Waals surface area contributed by atoms with Crippen LogP contribution in [0.3, 0.4) is 0 Å². The average Bonchev–Trinajstić information content (AvgIpc) is 2.89. The normalized spacial score (nSPS) is 19.2. The van der Waals surface area contributed by atoms with Gasteiger partial charge in [0, 0.05) is 13.1 Å². The highest BCUT2D eigenvalue weighted by atomic mass is 79.9. The van der Waals surface area contributed by atoms with E-state index >= 15 is 0 Å². The second-order valence-corrected chi connectivity index (χ2v) is 7.87. The minimum atomic E-state index is 0.478. The van der Waals surface area contributed by atoms with Crippen LogP contribution in [0.1, 0.15) is 35.4 Å². The Morgan fingerprint density at radius 3 is 2.17 bits per heavy atom. The molecule has 0 N–H and O–H groups in total. The van der Waals surface area contributed by atoms with Gasteiger partial charge in [0.2, 0.25) is 0 Å². The third kappa shape index (κ3) is 2.67. The summed E-state index contributed by atoms with van der Waals surface area (Å²) in [5.41, 5.74) is 5.60. The zero-order valence-electron chi connectivity index (χ0n) is 13.8. The molecule has 0 saturated carbocycles. The number of rotatable bonds is 1. The van der Waals surface area contributed by atoms with Crippen LogP contribution in [0, 0.1) is 19.3 Å². The fourth-order valence-corrected chi connectivity index (χ4v) is 4.54. The molecule has 4 rings (SSSR count). The minimum absolute atomic E-state index is 0.478. The van der Waals surface area contributed by atoms with Crippen LogP contribution in [0.2, 0.25) is 0 Å². The van der Waals surface area contributed by atoms with Crippen LogP contribution >= 0.6 is 15.9 Å². The minimum Gasteiger partial charge on any atom is -0.355 e. The zero-order chi connectivity index (χ0) is 16.0. The van der Waals surface area contributed by atoms with E-state index in [0.717, 1.165) is 34.9 Å². The molecule has 0 radical (unpaired) electrons. The van der Waals surface area contributed by atoms with Crippen LogP contribution in [0.4, 0.5) is 5.82 Å². The van der Waals surface area contributed by atoms with Gasteiger partial charge >= 0.3 is 0 Å². The maximum absolute atomic E-state index is 4.77. The second-order valence-electron chi connectivity index (χ2n) is 7.12. The van der Waals surface area contributed by atoms with Crippen molar-refractivity contribution < 1.29 is 0 Å². The summed E-state index contributed by atoms with van der Waals surface area (Å²) in [5, 5.41) is 0. The SMILES string of the molecule is Cc1nc(N2CCC3(CC2)Cc2ccccc2C3)c(C)nc1Br. The fourth-order valence-electron chi connectivity index (χ4n) is 4.18. The molecule has 2 heterocycles. The summed E-state index contributed by atoms with van der Waals surface area (Å²) in [6.45, 7) is 6.25. The summed E-state index contributed by atoms with van der Waals surface area (Å²) in [4.78, 5) is 11.8. The third-order valence-corrected chi connectivity index (χ3v) is 6.29. The lowest BCUT2D eigenvalue weighted by Gasteiger charge is -2.40. The predicted molar refractivity (Wildman–Crippen MR) is 96.9 cm³/mol. The van der Waals surface area contributed by atoms with Crippen LogP contribution in [0.25, 0.3) is 0 Å². The molecule has 1 aromatic heterocycles. The van der Waals surface area contributed by atoms with Crippen LogP contribution in [0.15, 0.2) is 28.9 Å². The molecule has 23 heavy (non-hydrogen) atoms. The summed E-state index contributed by atoms with van der Waals surface area (Å²) in [6.07, 6.45) is 5.00. The Morgan fingerprint density at radius 1 is 0.957 bits per heavy atom. The Kier molecular flexibility index (Phi) is 3.67. The van der Waals surface area contributed by atoms with Crippen molar-refractivity contribution in [2.75, 3.05) is 18.0 Å². The summed E-state index contributed by atoms with van der Waals surface area (Å²) in [6, 6.07) is 8.97. The van der Waals surface area contributed by atoms with E-state index in [1.165, 1.54) is 25.7 Å². The third-order valence-electron chi connectivity index (χ3n) is 5.53. The molecule has 1 spiro atoms. The summed E-state index contributed by atoms with van der Waals surface area (Å²) in [5.74, 6) is 1.07. The van der Waals surface area contributed by atoms with Gasteiger partial charge in [-0.1, -0.05) is 24.3 Å². The summed E-state index contributed by atoms with van der Waals surface area (Å²) < 4.78 is 0.860. The van der Waals surface area contributed by atoms with Crippen LogP contribution in [0.5, 0.6) is 0 Å². The van der Waals surface area contributed by atoms with Crippen LogP contribution < -0.4 is 4.90 Å². The highest BCUT2D eigenvalue weighted by Gasteiger charge is 2.40. The number of hydrogen-bond donors (Lipinski definition) is 0. The number of anilines is 1. The Labute approximate surface area is 146 Å². The van der Waals surface area contributed by atoms with E-state index in [1.54, 1.807) is 11.1 Å². The number of aryl methyl sites for hydroxylation is 2. The highest BCUT2D eigenvalue weighted by Crippen LogP contribution is 2.45. The molecule has 1 aromatic carbocycles. The van der Waals surface area contributed by atoms with Gasteiger partial charge in [-0.3, -0.25) is 0 Å². The van der Waals surface area contributed by atoms with Crippen LogP contribution in [-0.2, 0) is 12.8 Å². The molecule has 1 fully saturated rings. The predicted octanol–water partition coefficient (Wildman–Crippen LogP) is 4.24. The van der Waals surface area contributed by atoms with Crippen molar-refractivity contribution >= 4 is 21.7 Å². The lowest BCUT2D eigenvalue weighted by Crippen LogP contribution is -2.41. The zero-order valence-corrected chi connectivity index (χ0v) is 15.4. The molecule has 2 aromatic rings. The van der Waals surface area contributed by atoms with E-state index in [1.807, 2.05) is 6.92 Å². The number of hydrogen-bond acceptors (Lipinski definition) is 3. The van der Waals surface area contributed by atoms with E-state index in [4.69, 9.17) is 4.98 Å². The second kappa shape index (κ2) is 5.59. The molecular weight excluding hydrogens is 350 g/mol. The smallest absolute Gasteiger partial charge is 0.150 e. The molecule has 1 saturated heterocycles. The monoisotopic (exact) mass is 371 g/mol. The fraction of sp³-hybridized carbons (Fsp3) is 0.474. The van der Waals surface area contributed by atoms with Crippen molar-refractivity contribution in [3.8, 4) is 0 Å². The number of aromatic nitrogens is 2. The van der Waals surface area contributed by atoms with Crippen molar-refractivity contribution in [1.82, 2.24) is 9.97 Å². The molecule has 0 bridgehead atoms. The van der Waals surface area contributed by atoms with E-state index < -0.39 is 0 Å². The average molecular weight is 372 g/mol. The number of halogens is 1. The first kappa shape index (κ1) is 15.1. The molecule has 0 atom stereocenters. The van der Waals surface area contributed by atoms with Gasteiger partial charge in [-0.15, -0.1) is 0 Å². The topological polar surface area (TPSA) is 29.0 Å². The van der Waals surface area contributed by atoms with Crippen molar-refractivity contribution in [1.29, 1.82) is 0 Å². The maximum atomic E-state index is 4.77. The van der Waals surface area contributed by atoms with Crippen molar-refractivity contribution in [2.45, 2.75) is 39.5 Å². The van der Waals surface area contributed by atoms with Gasteiger partial charge in [-0.25, -0.2) is 9.97 Å². The van der Waals surface area contributed by atoms with Gasteiger partial charge in [0.25, 0.3) is 0 Å². The number of nitrogens with zero attached hydrogens (tertiary/aromatic N) is 3. The molecule has 2 aliphatic rings. The molecule has 0 amide bonds. The summed E-state index contributed by atoms with van der Waals surface area (Å²) >= 11 is 3.48. The van der Waals surface area contributed by atoms with E-state index in [2.05, 4.69) is 57.0 Å². The van der Waals surface area contributed by atoms with Gasteiger partial charge in [0.1, 0.15) is 10.4 Å². The lowest BCUT2D eigenvalue weighted by atomic mass is 9.76. The molecule has 1 aliphatic carbocycles. The van der Waals surface area contributed by atoms with E-state index in [0.29, 0.717) is 5.41 Å². The van der Waals surface area contributed by atoms with Crippen molar-refractivity contribution in [2.24, 2.45) is 5.41 Å². The quantitative estimate of drug-likeness (QED) is 0.750. The Morgan fingerprint density at radius 2 is 1.57 bits per heavy atom. The highest BCUT2D eigenvalue weighted by molar-refractivity contribution is 9.10. The molecule has 120 valence electrons. The number of benzene rings is 1. The van der Waals surface area contributed by atoms with E-state index in [-0.39, 0.29) is 0 Å². The first-order chi connectivity index (χ1) is 11.1. The number of piperidine rings is 1. The molecule has 3 nitrogen and oxygen atoms in total. The van der Waals surface area contributed by atoms with Crippen LogP contribution in [-0.4, -0.2) is 23.1 Å². The van der Waals surface area contributed by atoms with Gasteiger partial charge in [-0.05, 0) is 72.0 Å². The lowest BCUT2D eigenvalue weighted by molar-refractivity contribution is 0.232. The summed E-state index contributed by atoms with van der Waals surface area (Å²) in [7, 11) is 0.